The summed E-state index contributed by atoms with van der Waals surface area (Å²) in [5.74, 6) is 0.637. The molecule has 1 fully saturated rings. The lowest BCUT2D eigenvalue weighted by Gasteiger charge is -2.29. The minimum Gasteiger partial charge on any atom is -0.481 e. The topological polar surface area (TPSA) is 131 Å². The van der Waals surface area contributed by atoms with Crippen LogP contribution in [0.2, 0.25) is 0 Å². The number of nitrogens with two attached hydrogens (primary N) is 1. The average Bonchev–Trinajstić information content (AvgIpc) is 3.58. The third kappa shape index (κ3) is 5.82. The predicted molar refractivity (Wildman–Crippen MR) is 132 cm³/mol. The quantitative estimate of drug-likeness (QED) is 0.451. The number of aryl methyl sites for hydroxylation is 2. The minimum absolute atomic E-state index is 0.0265. The van der Waals surface area contributed by atoms with Crippen molar-refractivity contribution < 1.29 is 28.6 Å². The second-order valence-electron chi connectivity index (χ2n) is 9.51. The number of hydrogen-bond acceptors (Lipinski definition) is 8. The van der Waals surface area contributed by atoms with Crippen LogP contribution in [0, 0.1) is 12.8 Å². The molecule has 3 heterocycles. The molecule has 2 aliphatic heterocycles. The molecule has 0 bridgehead atoms. The molecule has 10 heteroatoms. The molecule has 2 aromatic rings. The zero-order valence-electron chi connectivity index (χ0n) is 21.0. The van der Waals surface area contributed by atoms with Crippen LogP contribution in [0.25, 0.3) is 0 Å². The van der Waals surface area contributed by atoms with E-state index in [1.165, 1.54) is 0 Å². The summed E-state index contributed by atoms with van der Waals surface area (Å²) < 4.78 is 16.6. The number of aliphatic carboxylic acids is 1. The van der Waals surface area contributed by atoms with Crippen molar-refractivity contribution in [1.29, 1.82) is 0 Å². The Bertz CT molecular complexity index is 1060. The van der Waals surface area contributed by atoms with Gasteiger partial charge in [-0.15, -0.1) is 0 Å². The molecule has 36 heavy (non-hydrogen) atoms. The number of carbonyl (C=O) groups excluding carboxylic acids is 1. The van der Waals surface area contributed by atoms with Gasteiger partial charge in [0.25, 0.3) is 0 Å². The highest BCUT2D eigenvalue weighted by atomic mass is 16.7. The van der Waals surface area contributed by atoms with Crippen LogP contribution < -0.4 is 15.2 Å². The highest BCUT2D eigenvalue weighted by Gasteiger charge is 2.47. The number of oxazole rings is 1. The molecule has 1 aromatic carbocycles. The van der Waals surface area contributed by atoms with E-state index < -0.39 is 11.9 Å². The number of unbranched alkanes of at least 4 members (excludes halogenated alkanes) is 1. The van der Waals surface area contributed by atoms with E-state index in [0.717, 1.165) is 18.4 Å². The predicted octanol–water partition coefficient (Wildman–Crippen LogP) is 2.40. The van der Waals surface area contributed by atoms with E-state index in [2.05, 4.69) is 11.9 Å². The summed E-state index contributed by atoms with van der Waals surface area (Å²) >= 11 is 0. The van der Waals surface area contributed by atoms with E-state index in [1.54, 1.807) is 11.1 Å². The van der Waals surface area contributed by atoms with Gasteiger partial charge in [-0.3, -0.25) is 14.5 Å². The molecule has 4 rings (SSSR count). The third-order valence-electron chi connectivity index (χ3n) is 7.05. The Hall–Kier alpha value is -3.11. The van der Waals surface area contributed by atoms with Crippen LogP contribution in [-0.2, 0) is 16.0 Å². The molecular formula is C26H36N4O6. The van der Waals surface area contributed by atoms with Crippen LogP contribution in [0.4, 0.5) is 0 Å². The van der Waals surface area contributed by atoms with Gasteiger partial charge in [-0.1, -0.05) is 19.4 Å². The fourth-order valence-electron chi connectivity index (χ4n) is 5.26. The van der Waals surface area contributed by atoms with Gasteiger partial charge < -0.3 is 29.6 Å². The van der Waals surface area contributed by atoms with Crippen molar-refractivity contribution in [2.75, 3.05) is 39.5 Å². The van der Waals surface area contributed by atoms with Gasteiger partial charge in [-0.25, -0.2) is 4.98 Å². The molecule has 0 saturated carbocycles. The van der Waals surface area contributed by atoms with Crippen molar-refractivity contribution in [3.8, 4) is 11.5 Å². The lowest BCUT2D eigenvalue weighted by molar-refractivity contribution is -0.143. The van der Waals surface area contributed by atoms with Gasteiger partial charge in [0.1, 0.15) is 5.76 Å². The third-order valence-corrected chi connectivity index (χ3v) is 7.05. The van der Waals surface area contributed by atoms with Gasteiger partial charge in [0.05, 0.1) is 18.7 Å². The normalized spacial score (nSPS) is 21.1. The summed E-state index contributed by atoms with van der Waals surface area (Å²) in [6.45, 7) is 6.18. The van der Waals surface area contributed by atoms with E-state index in [0.29, 0.717) is 62.2 Å². The summed E-state index contributed by atoms with van der Waals surface area (Å²) in [5.41, 5.74) is 6.63. The van der Waals surface area contributed by atoms with Gasteiger partial charge >= 0.3 is 5.97 Å². The average molecular weight is 501 g/mol. The molecular weight excluding hydrogens is 464 g/mol. The van der Waals surface area contributed by atoms with E-state index in [4.69, 9.17) is 19.6 Å². The van der Waals surface area contributed by atoms with Gasteiger partial charge in [0, 0.05) is 44.6 Å². The fourth-order valence-corrected chi connectivity index (χ4v) is 5.26. The Morgan fingerprint density at radius 3 is 2.75 bits per heavy atom. The molecule has 1 aromatic heterocycles. The standard InChI is InChI=1S/C26H36N4O6/c1-3-4-10-29(11-9-27)24(31)15-30-14-19(18-5-7-21-22(12-18)35-16-34-21)25(26(32)33)20(30)6-8-23-28-13-17(2)36-23/h5,7,12-13,19-20,25H,3-4,6,8-11,14-16,27H2,1-2H3,(H,32,33)/t19-,20+,25?/m1/s1. The first-order valence-electron chi connectivity index (χ1n) is 12.7. The number of hydrogen-bond donors (Lipinski definition) is 2. The first-order chi connectivity index (χ1) is 17.4. The van der Waals surface area contributed by atoms with Crippen molar-refractivity contribution >= 4 is 11.9 Å². The zero-order valence-corrected chi connectivity index (χ0v) is 21.0. The summed E-state index contributed by atoms with van der Waals surface area (Å²) in [4.78, 5) is 34.0. The lowest BCUT2D eigenvalue weighted by Crippen LogP contribution is -2.45. The first-order valence-corrected chi connectivity index (χ1v) is 12.7. The van der Waals surface area contributed by atoms with Crippen LogP contribution in [0.1, 0.15) is 49.3 Å². The highest BCUT2D eigenvalue weighted by Crippen LogP contribution is 2.43. The molecule has 0 radical (unpaired) electrons. The molecule has 0 aliphatic carbocycles. The largest absolute Gasteiger partial charge is 0.481 e. The van der Waals surface area contributed by atoms with E-state index in [1.807, 2.05) is 30.0 Å². The molecule has 2 aliphatic rings. The second kappa shape index (κ2) is 11.7. The van der Waals surface area contributed by atoms with Gasteiger partial charge in [0.15, 0.2) is 17.4 Å². The maximum absolute atomic E-state index is 13.3. The van der Waals surface area contributed by atoms with Crippen molar-refractivity contribution in [2.45, 2.75) is 51.5 Å². The Morgan fingerprint density at radius 1 is 1.25 bits per heavy atom. The lowest BCUT2D eigenvalue weighted by atomic mass is 9.83. The van der Waals surface area contributed by atoms with Crippen molar-refractivity contribution in [3.63, 3.8) is 0 Å². The van der Waals surface area contributed by atoms with Crippen LogP contribution in [0.3, 0.4) is 0 Å². The molecule has 1 saturated heterocycles. The van der Waals surface area contributed by atoms with Crippen LogP contribution >= 0.6 is 0 Å². The SMILES string of the molecule is CCCCN(CCN)C(=O)CN1C[C@H](c2ccc3c(c2)OCO3)C(C(=O)O)[C@@H]1CCc1ncc(C)o1. The van der Waals surface area contributed by atoms with Gasteiger partial charge in [0.2, 0.25) is 12.7 Å². The Labute approximate surface area is 211 Å². The van der Waals surface area contributed by atoms with Crippen LogP contribution in [0.5, 0.6) is 11.5 Å². The molecule has 0 spiro atoms. The molecule has 10 nitrogen and oxygen atoms in total. The van der Waals surface area contributed by atoms with Crippen molar-refractivity contribution in [3.05, 3.63) is 41.6 Å². The number of nitrogens with zero attached hydrogens (tertiary/aromatic N) is 3. The number of carbonyl (C=O) groups is 2. The number of ether oxygens (including phenoxy) is 2. The van der Waals surface area contributed by atoms with Crippen molar-refractivity contribution in [2.24, 2.45) is 11.7 Å². The van der Waals surface area contributed by atoms with Gasteiger partial charge in [-0.2, -0.15) is 0 Å². The summed E-state index contributed by atoms with van der Waals surface area (Å²) in [5, 5.41) is 10.3. The molecule has 1 unspecified atom stereocenters. The highest BCUT2D eigenvalue weighted by molar-refractivity contribution is 5.79. The summed E-state index contributed by atoms with van der Waals surface area (Å²) in [7, 11) is 0. The van der Waals surface area contributed by atoms with Crippen LogP contribution in [-0.4, -0.2) is 77.3 Å². The number of aromatic nitrogens is 1. The minimum atomic E-state index is -0.883. The number of likely N-dealkylation sites (tertiary alicyclic amines) is 1. The Balaban J connectivity index is 1.59. The second-order valence-corrected chi connectivity index (χ2v) is 9.51. The van der Waals surface area contributed by atoms with Gasteiger partial charge in [-0.05, 0) is 37.5 Å². The zero-order chi connectivity index (χ0) is 25.7. The molecule has 3 atom stereocenters. The summed E-state index contributed by atoms with van der Waals surface area (Å²) in [6, 6.07) is 5.23. The maximum Gasteiger partial charge on any atom is 0.308 e. The Morgan fingerprint density at radius 2 is 2.06 bits per heavy atom. The van der Waals surface area contributed by atoms with E-state index >= 15 is 0 Å². The smallest absolute Gasteiger partial charge is 0.308 e. The number of rotatable bonds is 12. The van der Waals surface area contributed by atoms with E-state index in [-0.39, 0.29) is 31.2 Å². The number of carboxylic acids is 1. The Kier molecular flexibility index (Phi) is 8.48. The number of fused-ring (bicyclic) bond motifs is 1. The number of benzene rings is 1. The fraction of sp³-hybridized carbons (Fsp3) is 0.577. The maximum atomic E-state index is 13.3. The molecule has 3 N–H and O–H groups in total. The monoisotopic (exact) mass is 500 g/mol. The first kappa shape index (κ1) is 26.0. The summed E-state index contributed by atoms with van der Waals surface area (Å²) in [6.07, 6.45) is 4.54. The number of amides is 1. The van der Waals surface area contributed by atoms with Crippen LogP contribution in [0.15, 0.2) is 28.8 Å². The number of carboxylic acid groups (broad SMARTS) is 1. The molecule has 1 amide bonds. The molecule has 196 valence electrons. The van der Waals surface area contributed by atoms with Crippen molar-refractivity contribution in [1.82, 2.24) is 14.8 Å². The van der Waals surface area contributed by atoms with E-state index in [9.17, 15) is 14.7 Å².